The van der Waals surface area contributed by atoms with Crippen LogP contribution in [0.5, 0.6) is 0 Å². The Morgan fingerprint density at radius 1 is 1.14 bits per heavy atom. The molecule has 1 atom stereocenters. The summed E-state index contributed by atoms with van der Waals surface area (Å²) in [6, 6.07) is 12.5. The van der Waals surface area contributed by atoms with Crippen molar-refractivity contribution in [3.8, 4) is 22.4 Å². The summed E-state index contributed by atoms with van der Waals surface area (Å²) in [6.45, 7) is -0.0134. The van der Waals surface area contributed by atoms with Gasteiger partial charge in [0.15, 0.2) is 0 Å². The maximum atomic E-state index is 15.2. The molecule has 1 aromatic heterocycles. The Bertz CT molecular complexity index is 1290. The van der Waals surface area contributed by atoms with Crippen LogP contribution < -0.4 is 4.90 Å². The predicted octanol–water partition coefficient (Wildman–Crippen LogP) is 8.35. The highest BCUT2D eigenvalue weighted by Gasteiger charge is 2.46. The van der Waals surface area contributed by atoms with Gasteiger partial charge in [0.1, 0.15) is 17.6 Å². The van der Waals surface area contributed by atoms with Gasteiger partial charge in [-0.05, 0) is 69.8 Å². The standard InChI is InChI=1S/C26H21Cl2F2IN2O2S/c27-20-2-1-3-21(28)23(20)24-19(25(35-32-24)17-6-7-17)14-34-22-10-12-33(15-26(22,29)30)18-8-4-16(5-9-18)11-13-36-31/h1-5,8-9,17,22H,6-7,10,12,14-15H2. The topological polar surface area (TPSA) is 38.5 Å². The molecule has 36 heavy (non-hydrogen) atoms. The molecule has 0 bridgehead atoms. The van der Waals surface area contributed by atoms with E-state index in [1.807, 2.05) is 24.3 Å². The molecule has 1 aliphatic heterocycles. The molecule has 0 amide bonds. The fourth-order valence-corrected chi connectivity index (χ4v) is 5.47. The maximum Gasteiger partial charge on any atom is 0.290 e. The number of anilines is 1. The van der Waals surface area contributed by atoms with Crippen LogP contribution in [0.1, 0.15) is 42.1 Å². The van der Waals surface area contributed by atoms with E-state index in [9.17, 15) is 0 Å². The lowest BCUT2D eigenvalue weighted by Gasteiger charge is -2.39. The van der Waals surface area contributed by atoms with Crippen LogP contribution in [-0.4, -0.2) is 30.3 Å². The molecule has 5 rings (SSSR count). The van der Waals surface area contributed by atoms with E-state index >= 15 is 8.78 Å². The summed E-state index contributed by atoms with van der Waals surface area (Å²) in [6.07, 6.45) is 0.893. The zero-order chi connectivity index (χ0) is 25.3. The molecule has 188 valence electrons. The first-order valence-electron chi connectivity index (χ1n) is 11.4. The number of hydrogen-bond acceptors (Lipinski definition) is 5. The van der Waals surface area contributed by atoms with Crippen LogP contribution in [0.15, 0.2) is 47.0 Å². The van der Waals surface area contributed by atoms with Crippen molar-refractivity contribution >= 4 is 59.0 Å². The SMILES string of the molecule is FC1(F)CN(c2ccc(C#CSI)cc2)CCC1OCc1c(-c2c(Cl)cccc2Cl)noc1C1CC1. The summed E-state index contributed by atoms with van der Waals surface area (Å²) in [5.74, 6) is 0.865. The maximum absolute atomic E-state index is 15.2. The van der Waals surface area contributed by atoms with E-state index in [2.05, 4.69) is 37.5 Å². The van der Waals surface area contributed by atoms with Crippen molar-refractivity contribution in [1.82, 2.24) is 5.16 Å². The average Bonchev–Trinajstić information content (AvgIpc) is 3.62. The molecule has 0 spiro atoms. The van der Waals surface area contributed by atoms with Gasteiger partial charge in [-0.3, -0.25) is 0 Å². The molecule has 2 aromatic carbocycles. The molecule has 4 nitrogen and oxygen atoms in total. The summed E-state index contributed by atoms with van der Waals surface area (Å²) in [5.41, 5.74) is 3.22. The number of rotatable bonds is 6. The number of nitrogens with zero attached hydrogens (tertiary/aromatic N) is 2. The molecule has 0 N–H and O–H groups in total. The Labute approximate surface area is 234 Å². The molecule has 1 aliphatic carbocycles. The average molecular weight is 661 g/mol. The van der Waals surface area contributed by atoms with Crippen LogP contribution in [-0.2, 0) is 11.3 Å². The second-order valence-corrected chi connectivity index (χ2v) is 11.4. The largest absolute Gasteiger partial charge is 0.367 e. The van der Waals surface area contributed by atoms with Crippen molar-refractivity contribution in [1.29, 1.82) is 0 Å². The fourth-order valence-electron chi connectivity index (χ4n) is 4.41. The number of alkyl halides is 2. The zero-order valence-corrected chi connectivity index (χ0v) is 23.4. The summed E-state index contributed by atoms with van der Waals surface area (Å²) < 4.78 is 42.0. The van der Waals surface area contributed by atoms with E-state index in [1.165, 1.54) is 8.93 Å². The minimum absolute atomic E-state index is 0.0470. The number of piperidine rings is 1. The summed E-state index contributed by atoms with van der Waals surface area (Å²) >= 11 is 14.9. The van der Waals surface area contributed by atoms with Crippen LogP contribution >= 0.6 is 53.3 Å². The number of hydrogen-bond donors (Lipinski definition) is 0. The summed E-state index contributed by atoms with van der Waals surface area (Å²) in [5, 5.41) is 7.98. The highest BCUT2D eigenvalue weighted by Crippen LogP contribution is 2.46. The van der Waals surface area contributed by atoms with Crippen molar-refractivity contribution in [2.45, 2.75) is 43.8 Å². The molecular weight excluding hydrogens is 640 g/mol. The highest BCUT2D eigenvalue weighted by molar-refractivity contribution is 14.2. The predicted molar refractivity (Wildman–Crippen MR) is 149 cm³/mol. The smallest absolute Gasteiger partial charge is 0.290 e. The molecule has 10 heteroatoms. The van der Waals surface area contributed by atoms with Gasteiger partial charge >= 0.3 is 0 Å². The van der Waals surface area contributed by atoms with Gasteiger partial charge in [0, 0.05) is 56.0 Å². The summed E-state index contributed by atoms with van der Waals surface area (Å²) in [4.78, 5) is 1.69. The lowest BCUT2D eigenvalue weighted by Crippen LogP contribution is -2.52. The number of aromatic nitrogens is 1. The fraction of sp³-hybridized carbons (Fsp3) is 0.346. The Kier molecular flexibility index (Phi) is 8.04. The van der Waals surface area contributed by atoms with E-state index in [0.29, 0.717) is 39.2 Å². The van der Waals surface area contributed by atoms with Gasteiger partial charge in [0.2, 0.25) is 0 Å². The van der Waals surface area contributed by atoms with E-state index in [0.717, 1.165) is 24.1 Å². The monoisotopic (exact) mass is 660 g/mol. The zero-order valence-electron chi connectivity index (χ0n) is 18.9. The molecular formula is C26H21Cl2F2IN2O2S. The van der Waals surface area contributed by atoms with Crippen LogP contribution in [0, 0.1) is 11.2 Å². The second-order valence-electron chi connectivity index (χ2n) is 8.87. The third-order valence-corrected chi connectivity index (χ3v) is 7.87. The first kappa shape index (κ1) is 26.1. The van der Waals surface area contributed by atoms with Crippen LogP contribution in [0.25, 0.3) is 11.3 Å². The lowest BCUT2D eigenvalue weighted by atomic mass is 10.0. The first-order chi connectivity index (χ1) is 17.4. The summed E-state index contributed by atoms with van der Waals surface area (Å²) in [7, 11) is 1.40. The van der Waals surface area contributed by atoms with Crippen LogP contribution in [0.3, 0.4) is 0 Å². The number of ether oxygens (including phenoxy) is 1. The first-order valence-corrected chi connectivity index (χ1v) is 15.5. The normalized spacial score (nSPS) is 19.1. The van der Waals surface area contributed by atoms with Gasteiger partial charge < -0.3 is 14.2 Å². The Morgan fingerprint density at radius 2 is 1.86 bits per heavy atom. The Hall–Kier alpha value is -1.51. The Balaban J connectivity index is 1.31. The second kappa shape index (κ2) is 11.1. The number of benzene rings is 2. The van der Waals surface area contributed by atoms with Crippen molar-refractivity contribution in [2.75, 3.05) is 18.0 Å². The van der Waals surface area contributed by atoms with Crippen LogP contribution in [0.2, 0.25) is 10.0 Å². The minimum atomic E-state index is -3.03. The third kappa shape index (κ3) is 5.65. The van der Waals surface area contributed by atoms with Gasteiger partial charge in [0.25, 0.3) is 5.92 Å². The Morgan fingerprint density at radius 3 is 2.50 bits per heavy atom. The van der Waals surface area contributed by atoms with Gasteiger partial charge in [-0.25, -0.2) is 8.78 Å². The molecule has 2 aliphatic rings. The van der Waals surface area contributed by atoms with Gasteiger partial charge in [-0.1, -0.05) is 40.3 Å². The van der Waals surface area contributed by atoms with E-state index in [4.69, 9.17) is 32.5 Å². The van der Waals surface area contributed by atoms with E-state index < -0.39 is 18.6 Å². The van der Waals surface area contributed by atoms with Crippen molar-refractivity contribution in [3.05, 3.63) is 69.4 Å². The van der Waals surface area contributed by atoms with Gasteiger partial charge in [0.05, 0.1) is 23.2 Å². The molecule has 1 saturated heterocycles. The molecule has 2 heterocycles. The lowest BCUT2D eigenvalue weighted by molar-refractivity contribution is -0.148. The van der Waals surface area contributed by atoms with Crippen molar-refractivity contribution in [2.24, 2.45) is 0 Å². The van der Waals surface area contributed by atoms with Crippen molar-refractivity contribution < 1.29 is 18.0 Å². The third-order valence-electron chi connectivity index (χ3n) is 6.40. The molecule has 0 radical (unpaired) electrons. The van der Waals surface area contributed by atoms with Crippen LogP contribution in [0.4, 0.5) is 14.5 Å². The molecule has 1 unspecified atom stereocenters. The van der Waals surface area contributed by atoms with Gasteiger partial charge in [-0.2, -0.15) is 0 Å². The van der Waals surface area contributed by atoms with E-state index in [-0.39, 0.29) is 18.9 Å². The van der Waals surface area contributed by atoms with Crippen molar-refractivity contribution in [3.63, 3.8) is 0 Å². The van der Waals surface area contributed by atoms with E-state index in [1.54, 1.807) is 23.1 Å². The highest BCUT2D eigenvalue weighted by atomic mass is 127. The molecule has 2 fully saturated rings. The van der Waals surface area contributed by atoms with Gasteiger partial charge in [-0.15, -0.1) is 0 Å². The molecule has 3 aromatic rings. The number of halogens is 5. The quantitative estimate of drug-likeness (QED) is 0.196. The molecule has 1 saturated carbocycles. The minimum Gasteiger partial charge on any atom is -0.367 e.